The molecule has 1 aliphatic carbocycles. The summed E-state index contributed by atoms with van der Waals surface area (Å²) >= 11 is 0. The van der Waals surface area contributed by atoms with E-state index in [0.717, 1.165) is 6.42 Å². The van der Waals surface area contributed by atoms with Crippen LogP contribution in [0.2, 0.25) is 0 Å². The molecule has 0 heterocycles. The second-order valence-electron chi connectivity index (χ2n) is 5.75. The molecule has 1 aromatic rings. The minimum absolute atomic E-state index is 0.0517. The molecule has 0 bridgehead atoms. The highest BCUT2D eigenvalue weighted by Gasteiger charge is 2.40. The van der Waals surface area contributed by atoms with Gasteiger partial charge in [0.25, 0.3) is 11.8 Å². The van der Waals surface area contributed by atoms with Crippen molar-refractivity contribution < 1.29 is 19.1 Å². The van der Waals surface area contributed by atoms with Gasteiger partial charge in [0.15, 0.2) is 6.61 Å². The van der Waals surface area contributed by atoms with Gasteiger partial charge in [0, 0.05) is 25.3 Å². The number of hydrogen-bond donors (Lipinski definition) is 1. The van der Waals surface area contributed by atoms with E-state index in [-0.39, 0.29) is 24.4 Å². The lowest BCUT2D eigenvalue weighted by Gasteiger charge is -2.11. The Hall–Kier alpha value is -2.37. The van der Waals surface area contributed by atoms with Crippen molar-refractivity contribution in [1.82, 2.24) is 4.90 Å². The van der Waals surface area contributed by atoms with Gasteiger partial charge in [0.1, 0.15) is 0 Å². The number of nitrogens with zero attached hydrogens (tertiary/aromatic N) is 1. The summed E-state index contributed by atoms with van der Waals surface area (Å²) in [6.07, 6.45) is 0.835. The Kier molecular flexibility index (Phi) is 4.80. The lowest BCUT2D eigenvalue weighted by Crippen LogP contribution is -2.22. The fraction of sp³-hybridized carbons (Fsp3) is 0.438. The third kappa shape index (κ3) is 4.07. The quantitative estimate of drug-likeness (QED) is 0.837. The zero-order chi connectivity index (χ0) is 16.3. The van der Waals surface area contributed by atoms with Gasteiger partial charge in [0.05, 0.1) is 5.92 Å². The molecule has 0 saturated heterocycles. The second kappa shape index (κ2) is 6.60. The van der Waals surface area contributed by atoms with Gasteiger partial charge < -0.3 is 15.0 Å². The van der Waals surface area contributed by atoms with Crippen molar-refractivity contribution in [1.29, 1.82) is 0 Å². The van der Waals surface area contributed by atoms with E-state index in [1.54, 1.807) is 38.4 Å². The number of nitrogens with one attached hydrogen (secondary N) is 1. The van der Waals surface area contributed by atoms with Gasteiger partial charge in [-0.1, -0.05) is 6.92 Å². The third-order valence-electron chi connectivity index (χ3n) is 3.58. The second-order valence-corrected chi connectivity index (χ2v) is 5.75. The molecule has 118 valence electrons. The summed E-state index contributed by atoms with van der Waals surface area (Å²) in [6.45, 7) is 1.68. The molecule has 22 heavy (non-hydrogen) atoms. The maximum absolute atomic E-state index is 11.7. The smallest absolute Gasteiger partial charge is 0.309 e. The fourth-order valence-electron chi connectivity index (χ4n) is 2.05. The number of carbonyl (C=O) groups is 3. The highest BCUT2D eigenvalue weighted by atomic mass is 16.5. The largest absolute Gasteiger partial charge is 0.455 e. The van der Waals surface area contributed by atoms with E-state index in [2.05, 4.69) is 5.32 Å². The predicted octanol–water partition coefficient (Wildman–Crippen LogP) is 1.53. The van der Waals surface area contributed by atoms with E-state index < -0.39 is 5.91 Å². The number of ether oxygens (including phenoxy) is 1. The highest BCUT2D eigenvalue weighted by molar-refractivity contribution is 5.96. The molecule has 1 aliphatic rings. The van der Waals surface area contributed by atoms with Crippen molar-refractivity contribution in [2.45, 2.75) is 13.3 Å². The molecule has 2 atom stereocenters. The van der Waals surface area contributed by atoms with Gasteiger partial charge in [-0.15, -0.1) is 0 Å². The zero-order valence-corrected chi connectivity index (χ0v) is 13.0. The maximum Gasteiger partial charge on any atom is 0.309 e. The minimum atomic E-state index is -0.395. The summed E-state index contributed by atoms with van der Waals surface area (Å²) in [5.74, 6) is -0.505. The van der Waals surface area contributed by atoms with Crippen LogP contribution in [0.4, 0.5) is 5.69 Å². The molecule has 1 aromatic carbocycles. The maximum atomic E-state index is 11.7. The Balaban J connectivity index is 1.81. The monoisotopic (exact) mass is 304 g/mol. The van der Waals surface area contributed by atoms with Crippen molar-refractivity contribution in [2.24, 2.45) is 11.8 Å². The lowest BCUT2D eigenvalue weighted by molar-refractivity contribution is -0.148. The number of rotatable bonds is 5. The molecule has 2 amide bonds. The van der Waals surface area contributed by atoms with E-state index >= 15 is 0 Å². The van der Waals surface area contributed by atoms with Gasteiger partial charge in [-0.25, -0.2) is 0 Å². The summed E-state index contributed by atoms with van der Waals surface area (Å²) in [4.78, 5) is 36.4. The van der Waals surface area contributed by atoms with Crippen LogP contribution < -0.4 is 5.32 Å². The van der Waals surface area contributed by atoms with E-state index in [9.17, 15) is 14.4 Å². The van der Waals surface area contributed by atoms with E-state index in [4.69, 9.17) is 4.74 Å². The van der Waals surface area contributed by atoms with Gasteiger partial charge >= 0.3 is 5.97 Å². The van der Waals surface area contributed by atoms with Crippen LogP contribution in [0.1, 0.15) is 23.7 Å². The summed E-state index contributed by atoms with van der Waals surface area (Å²) in [6, 6.07) is 6.55. The summed E-state index contributed by atoms with van der Waals surface area (Å²) in [5.41, 5.74) is 1.09. The van der Waals surface area contributed by atoms with Crippen LogP contribution in [0.5, 0.6) is 0 Å². The topological polar surface area (TPSA) is 75.7 Å². The molecule has 2 rings (SSSR count). The van der Waals surface area contributed by atoms with Crippen molar-refractivity contribution in [3.63, 3.8) is 0 Å². The van der Waals surface area contributed by atoms with Gasteiger partial charge in [-0.3, -0.25) is 14.4 Å². The fourth-order valence-corrected chi connectivity index (χ4v) is 2.05. The highest BCUT2D eigenvalue weighted by Crippen LogP contribution is 2.38. The molecule has 6 heteroatoms. The van der Waals surface area contributed by atoms with Crippen LogP contribution in [0.3, 0.4) is 0 Å². The van der Waals surface area contributed by atoms with Crippen molar-refractivity contribution >= 4 is 23.5 Å². The van der Waals surface area contributed by atoms with Gasteiger partial charge in [-0.05, 0) is 36.6 Å². The lowest BCUT2D eigenvalue weighted by atomic mass is 10.2. The average Bonchev–Trinajstić information content (AvgIpc) is 3.22. The van der Waals surface area contributed by atoms with E-state index in [1.807, 2.05) is 6.92 Å². The molecule has 0 aromatic heterocycles. The van der Waals surface area contributed by atoms with Crippen molar-refractivity contribution in [3.05, 3.63) is 29.8 Å². The summed E-state index contributed by atoms with van der Waals surface area (Å²) in [7, 11) is 3.35. The molecule has 0 spiro atoms. The Labute approximate surface area is 129 Å². The SMILES string of the molecule is C[C@H]1C[C@H]1C(=O)OCC(=O)Nc1ccc(C(=O)N(C)C)cc1. The molecule has 0 aliphatic heterocycles. The van der Waals surface area contributed by atoms with E-state index in [0.29, 0.717) is 17.2 Å². The zero-order valence-electron chi connectivity index (χ0n) is 13.0. The first-order valence-electron chi connectivity index (χ1n) is 7.16. The molecule has 1 fully saturated rings. The first-order valence-corrected chi connectivity index (χ1v) is 7.16. The number of benzene rings is 1. The van der Waals surface area contributed by atoms with Gasteiger partial charge in [-0.2, -0.15) is 0 Å². The molecule has 6 nitrogen and oxygen atoms in total. The van der Waals surface area contributed by atoms with Gasteiger partial charge in [0.2, 0.25) is 0 Å². The first-order chi connectivity index (χ1) is 10.4. The Morgan fingerprint density at radius 2 is 1.82 bits per heavy atom. The molecule has 1 N–H and O–H groups in total. The molecular weight excluding hydrogens is 284 g/mol. The number of esters is 1. The molecule has 1 saturated carbocycles. The van der Waals surface area contributed by atoms with E-state index in [1.165, 1.54) is 4.90 Å². The van der Waals surface area contributed by atoms with Crippen LogP contribution in [0.25, 0.3) is 0 Å². The summed E-state index contributed by atoms with van der Waals surface area (Å²) < 4.78 is 4.95. The van der Waals surface area contributed by atoms with Crippen LogP contribution in [0, 0.1) is 11.8 Å². The van der Waals surface area contributed by atoms with Crippen LogP contribution in [-0.4, -0.2) is 43.4 Å². The predicted molar refractivity (Wildman–Crippen MR) is 81.3 cm³/mol. The van der Waals surface area contributed by atoms with Crippen LogP contribution >= 0.6 is 0 Å². The number of carbonyl (C=O) groups excluding carboxylic acids is 3. The standard InChI is InChI=1S/C16H20N2O4/c1-10-8-13(10)16(21)22-9-14(19)17-12-6-4-11(5-7-12)15(20)18(2)3/h4-7,10,13H,8-9H2,1-3H3,(H,17,19)/t10-,13+/m0/s1. The Morgan fingerprint density at radius 3 is 2.32 bits per heavy atom. The molecule has 0 radical (unpaired) electrons. The van der Waals surface area contributed by atoms with Crippen molar-refractivity contribution in [2.75, 3.05) is 26.0 Å². The average molecular weight is 304 g/mol. The normalized spacial score (nSPS) is 19.2. The number of hydrogen-bond acceptors (Lipinski definition) is 4. The Bertz CT molecular complexity index is 580. The van der Waals surface area contributed by atoms with Crippen LogP contribution in [0.15, 0.2) is 24.3 Å². The molecular formula is C16H20N2O4. The summed E-state index contributed by atoms with van der Waals surface area (Å²) in [5, 5.41) is 2.62. The number of amides is 2. The van der Waals surface area contributed by atoms with Crippen molar-refractivity contribution in [3.8, 4) is 0 Å². The third-order valence-corrected chi connectivity index (χ3v) is 3.58. The molecule has 0 unspecified atom stereocenters. The Morgan fingerprint density at radius 1 is 1.23 bits per heavy atom. The van der Waals surface area contributed by atoms with Crippen LogP contribution in [-0.2, 0) is 14.3 Å². The number of anilines is 1. The first kappa shape index (κ1) is 16.0. The minimum Gasteiger partial charge on any atom is -0.455 e.